The molecule has 2 rings (SSSR count). The number of nitriles is 1. The van der Waals surface area contributed by atoms with Crippen molar-refractivity contribution in [3.63, 3.8) is 0 Å². The molecule has 160 valence electrons. The Balaban J connectivity index is 2.36. The van der Waals surface area contributed by atoms with E-state index in [-0.39, 0.29) is 19.0 Å². The van der Waals surface area contributed by atoms with E-state index in [9.17, 15) is 10.1 Å². The smallest absolute Gasteiger partial charge is 0.307 e. The average Bonchev–Trinajstić information content (AvgIpc) is 3.08. The third kappa shape index (κ3) is 6.34. The lowest BCUT2D eigenvalue weighted by Crippen LogP contribution is -2.21. The van der Waals surface area contributed by atoms with Crippen molar-refractivity contribution in [3.8, 4) is 11.8 Å². The average molecular weight is 431 g/mol. The predicted molar refractivity (Wildman–Crippen MR) is 117 cm³/mol. The third-order valence-corrected chi connectivity index (χ3v) is 4.58. The summed E-state index contributed by atoms with van der Waals surface area (Å²) in [6, 6.07) is 9.32. The van der Waals surface area contributed by atoms with Gasteiger partial charge in [-0.2, -0.15) is 10.4 Å². The van der Waals surface area contributed by atoms with Gasteiger partial charge in [0, 0.05) is 11.6 Å². The summed E-state index contributed by atoms with van der Waals surface area (Å²) in [5.74, 6) is 0.149. The summed E-state index contributed by atoms with van der Waals surface area (Å²) in [6.45, 7) is 6.43. The van der Waals surface area contributed by atoms with Crippen molar-refractivity contribution in [1.29, 1.82) is 5.26 Å². The molecule has 0 aliphatic heterocycles. The van der Waals surface area contributed by atoms with Gasteiger partial charge in [0.25, 0.3) is 0 Å². The highest BCUT2D eigenvalue weighted by Gasteiger charge is 2.22. The van der Waals surface area contributed by atoms with E-state index in [1.165, 1.54) is 7.11 Å². The molecule has 0 bridgehead atoms. The Labute approximate surface area is 182 Å². The molecule has 7 nitrogen and oxygen atoms in total. The van der Waals surface area contributed by atoms with Gasteiger partial charge in [-0.1, -0.05) is 30.7 Å². The Morgan fingerprint density at radius 3 is 2.67 bits per heavy atom. The van der Waals surface area contributed by atoms with Gasteiger partial charge in [0.05, 0.1) is 31.4 Å². The van der Waals surface area contributed by atoms with Crippen LogP contribution in [0.2, 0.25) is 5.02 Å². The summed E-state index contributed by atoms with van der Waals surface area (Å²) < 4.78 is 12.3. The minimum Gasteiger partial charge on any atom is -0.469 e. The summed E-state index contributed by atoms with van der Waals surface area (Å²) >= 11 is 6.00. The summed E-state index contributed by atoms with van der Waals surface area (Å²) in [5.41, 5.74) is 1.11. The minimum absolute atomic E-state index is 0.161. The molecule has 0 amide bonds. The summed E-state index contributed by atoms with van der Waals surface area (Å²) in [4.78, 5) is 11.5. The number of hydrogen-bond donors (Lipinski definition) is 1. The first-order chi connectivity index (χ1) is 14.3. The molecule has 0 radical (unpaired) electrons. The first-order valence-corrected chi connectivity index (χ1v) is 10.1. The van der Waals surface area contributed by atoms with Crippen molar-refractivity contribution in [2.45, 2.75) is 45.8 Å². The molecule has 0 unspecified atom stereocenters. The maximum Gasteiger partial charge on any atom is 0.307 e. The number of nitrogens with zero attached hydrogens (tertiary/aromatic N) is 3. The molecule has 0 saturated carbocycles. The zero-order valence-corrected chi connectivity index (χ0v) is 18.5. The molecule has 0 aliphatic rings. The molecule has 1 N–H and O–H groups in total. The van der Waals surface area contributed by atoms with Crippen LogP contribution >= 0.6 is 11.6 Å². The van der Waals surface area contributed by atoms with Crippen LogP contribution in [0.4, 0.5) is 5.82 Å². The number of esters is 1. The molecule has 1 aromatic heterocycles. The van der Waals surface area contributed by atoms with Gasteiger partial charge in [-0.15, -0.1) is 0 Å². The fourth-order valence-corrected chi connectivity index (χ4v) is 2.83. The highest BCUT2D eigenvalue weighted by atomic mass is 35.5. The normalized spacial score (nSPS) is 11.5. The van der Waals surface area contributed by atoms with Crippen LogP contribution in [-0.2, 0) is 20.9 Å². The van der Waals surface area contributed by atoms with Gasteiger partial charge in [0.2, 0.25) is 0 Å². The first kappa shape index (κ1) is 23.5. The van der Waals surface area contributed by atoms with Gasteiger partial charge >= 0.3 is 5.97 Å². The number of carbonyl (C=O) groups is 1. The molecule has 0 saturated heterocycles. The number of nitrogens with one attached hydrogen (secondary N) is 1. The molecule has 0 atom stereocenters. The second-order valence-corrected chi connectivity index (χ2v) is 7.56. The van der Waals surface area contributed by atoms with Crippen molar-refractivity contribution in [3.05, 3.63) is 52.7 Å². The van der Waals surface area contributed by atoms with Crippen LogP contribution < -0.4 is 5.32 Å². The largest absolute Gasteiger partial charge is 0.469 e. The predicted octanol–water partition coefficient (Wildman–Crippen LogP) is 4.63. The van der Waals surface area contributed by atoms with E-state index in [0.717, 1.165) is 12.1 Å². The Bertz CT molecular complexity index is 927. The number of halogens is 1. The number of aromatic nitrogens is 2. The number of anilines is 1. The van der Waals surface area contributed by atoms with Crippen molar-refractivity contribution >= 4 is 23.4 Å². The minimum atomic E-state index is -0.495. The molecule has 0 fully saturated rings. The molecular weight excluding hydrogens is 404 g/mol. The number of carbonyl (C=O) groups excluding carboxylic acids is 1. The van der Waals surface area contributed by atoms with E-state index in [0.29, 0.717) is 28.6 Å². The van der Waals surface area contributed by atoms with E-state index in [1.807, 2.05) is 26.0 Å². The number of allylic oxidation sites excluding steroid dienone is 1. The summed E-state index contributed by atoms with van der Waals surface area (Å²) in [6.07, 6.45) is 5.10. The zero-order chi connectivity index (χ0) is 22.1. The van der Waals surface area contributed by atoms with Crippen molar-refractivity contribution < 1.29 is 14.3 Å². The van der Waals surface area contributed by atoms with E-state index in [4.69, 9.17) is 16.3 Å². The third-order valence-electron chi connectivity index (χ3n) is 4.33. The lowest BCUT2D eigenvalue weighted by Gasteiger charge is -2.20. The second-order valence-electron chi connectivity index (χ2n) is 7.13. The molecule has 30 heavy (non-hydrogen) atoms. The van der Waals surface area contributed by atoms with E-state index in [2.05, 4.69) is 28.1 Å². The van der Waals surface area contributed by atoms with Gasteiger partial charge in [-0.3, -0.25) is 4.79 Å². The van der Waals surface area contributed by atoms with Crippen LogP contribution in [-0.4, -0.2) is 35.0 Å². The summed E-state index contributed by atoms with van der Waals surface area (Å²) in [5, 5.41) is 18.1. The van der Waals surface area contributed by atoms with E-state index >= 15 is 0 Å². The van der Waals surface area contributed by atoms with Crippen molar-refractivity contribution in [2.24, 2.45) is 0 Å². The lowest BCUT2D eigenvalue weighted by molar-refractivity contribution is -0.140. The maximum atomic E-state index is 11.5. The Morgan fingerprint density at radius 1 is 1.37 bits per heavy atom. The van der Waals surface area contributed by atoms with E-state index in [1.54, 1.807) is 28.9 Å². The monoisotopic (exact) mass is 430 g/mol. The topological polar surface area (TPSA) is 89.2 Å². The SMILES string of the molecule is CC/C=C\C(C)(C)OCc1nn(-c2ccc(Cl)cc2)c(NCCC(=O)OC)c1C#N. The van der Waals surface area contributed by atoms with Gasteiger partial charge in [-0.05, 0) is 44.5 Å². The highest BCUT2D eigenvalue weighted by Crippen LogP contribution is 2.26. The van der Waals surface area contributed by atoms with Crippen LogP contribution in [0.15, 0.2) is 36.4 Å². The Morgan fingerprint density at radius 2 is 2.07 bits per heavy atom. The Hall–Kier alpha value is -2.82. The Kier molecular flexibility index (Phi) is 8.46. The fourth-order valence-electron chi connectivity index (χ4n) is 2.70. The number of hydrogen-bond acceptors (Lipinski definition) is 6. The molecule has 1 heterocycles. The molecule has 2 aromatic rings. The molecule has 0 aliphatic carbocycles. The molecular formula is C22H27ClN4O3. The lowest BCUT2D eigenvalue weighted by atomic mass is 10.1. The van der Waals surface area contributed by atoms with Crippen molar-refractivity contribution in [2.75, 3.05) is 19.0 Å². The van der Waals surface area contributed by atoms with Crippen LogP contribution in [0.25, 0.3) is 5.69 Å². The van der Waals surface area contributed by atoms with Crippen molar-refractivity contribution in [1.82, 2.24) is 9.78 Å². The van der Waals surface area contributed by atoms with Gasteiger partial charge in [0.15, 0.2) is 0 Å². The highest BCUT2D eigenvalue weighted by molar-refractivity contribution is 6.30. The van der Waals surface area contributed by atoms with Crippen LogP contribution in [0, 0.1) is 11.3 Å². The molecule has 0 spiro atoms. The number of rotatable bonds is 10. The van der Waals surface area contributed by atoms with Gasteiger partial charge in [0.1, 0.15) is 23.1 Å². The first-order valence-electron chi connectivity index (χ1n) is 9.71. The van der Waals surface area contributed by atoms with E-state index < -0.39 is 5.60 Å². The fraction of sp³-hybridized carbons (Fsp3) is 0.409. The quantitative estimate of drug-likeness (QED) is 0.436. The number of methoxy groups -OCH3 is 1. The summed E-state index contributed by atoms with van der Waals surface area (Å²) in [7, 11) is 1.34. The molecule has 1 aromatic carbocycles. The molecule has 8 heteroatoms. The van der Waals surface area contributed by atoms with Gasteiger partial charge in [-0.25, -0.2) is 4.68 Å². The maximum absolute atomic E-state index is 11.5. The zero-order valence-electron chi connectivity index (χ0n) is 17.7. The second kappa shape index (κ2) is 10.8. The van der Waals surface area contributed by atoms with Crippen LogP contribution in [0.1, 0.15) is 44.9 Å². The number of benzene rings is 1. The van der Waals surface area contributed by atoms with Gasteiger partial charge < -0.3 is 14.8 Å². The number of ether oxygens (including phenoxy) is 2. The van der Waals surface area contributed by atoms with Crippen LogP contribution in [0.5, 0.6) is 0 Å². The standard InChI is InChI=1S/C22H27ClN4O3/c1-5-6-12-22(2,3)30-15-19-18(14-24)21(25-13-11-20(28)29-4)27(26-19)17-9-7-16(23)8-10-17/h6-10,12,25H,5,11,13,15H2,1-4H3/b12-6-. The van der Waals surface area contributed by atoms with Crippen LogP contribution in [0.3, 0.4) is 0 Å².